The fourth-order valence-electron chi connectivity index (χ4n) is 1.89. The molecular formula is C15H17NO3S. The zero-order valence-corrected chi connectivity index (χ0v) is 12.3. The van der Waals surface area contributed by atoms with Crippen LogP contribution in [0.2, 0.25) is 0 Å². The van der Waals surface area contributed by atoms with E-state index in [1.165, 1.54) is 0 Å². The average Bonchev–Trinajstić information content (AvgIpc) is 2.45. The summed E-state index contributed by atoms with van der Waals surface area (Å²) >= 11 is 0. The Hall–Kier alpha value is -1.85. The topological polar surface area (TPSA) is 55.4 Å². The van der Waals surface area contributed by atoms with Crippen molar-refractivity contribution in [1.29, 1.82) is 0 Å². The Bertz CT molecular complexity index is 696. The highest BCUT2D eigenvalue weighted by Crippen LogP contribution is 2.18. The molecule has 0 saturated heterocycles. The lowest BCUT2D eigenvalue weighted by Crippen LogP contribution is -2.23. The smallest absolute Gasteiger partial charge is 0.240 e. The third kappa shape index (κ3) is 3.37. The molecule has 2 rings (SSSR count). The molecule has 0 fully saturated rings. The predicted octanol–water partition coefficient (Wildman–Crippen LogP) is 2.48. The number of nitrogens with one attached hydrogen (secondary N) is 1. The molecule has 0 saturated carbocycles. The summed E-state index contributed by atoms with van der Waals surface area (Å²) in [7, 11) is -1.95. The molecule has 0 heterocycles. The first-order valence-electron chi connectivity index (χ1n) is 6.21. The van der Waals surface area contributed by atoms with E-state index in [4.69, 9.17) is 4.74 Å². The molecule has 0 aliphatic carbocycles. The van der Waals surface area contributed by atoms with Gasteiger partial charge in [-0.2, -0.15) is 0 Å². The van der Waals surface area contributed by atoms with Crippen LogP contribution in [-0.2, 0) is 16.6 Å². The second-order valence-corrected chi connectivity index (χ2v) is 6.22. The van der Waals surface area contributed by atoms with Crippen molar-refractivity contribution in [3.8, 4) is 5.75 Å². The Kier molecular flexibility index (Phi) is 4.42. The third-order valence-electron chi connectivity index (χ3n) is 2.95. The largest absolute Gasteiger partial charge is 0.496 e. The number of hydrogen-bond acceptors (Lipinski definition) is 3. The van der Waals surface area contributed by atoms with Gasteiger partial charge in [0.2, 0.25) is 10.0 Å². The first-order chi connectivity index (χ1) is 9.53. The highest BCUT2D eigenvalue weighted by Gasteiger charge is 2.14. The van der Waals surface area contributed by atoms with Crippen molar-refractivity contribution in [1.82, 2.24) is 4.72 Å². The van der Waals surface area contributed by atoms with Crippen molar-refractivity contribution in [2.24, 2.45) is 0 Å². The summed E-state index contributed by atoms with van der Waals surface area (Å²) in [6.07, 6.45) is 0. The highest BCUT2D eigenvalue weighted by atomic mass is 32.2. The molecular weight excluding hydrogens is 274 g/mol. The Labute approximate surface area is 119 Å². The van der Waals surface area contributed by atoms with Crippen LogP contribution in [0.15, 0.2) is 53.4 Å². The number of sulfonamides is 1. The summed E-state index contributed by atoms with van der Waals surface area (Å²) in [5, 5.41) is 0. The molecule has 2 aromatic rings. The van der Waals surface area contributed by atoms with Crippen LogP contribution in [0.1, 0.15) is 11.1 Å². The third-order valence-corrected chi connectivity index (χ3v) is 4.34. The summed E-state index contributed by atoms with van der Waals surface area (Å²) in [4.78, 5) is 0.271. The first kappa shape index (κ1) is 14.6. The van der Waals surface area contributed by atoms with Crippen LogP contribution in [0.5, 0.6) is 5.75 Å². The maximum Gasteiger partial charge on any atom is 0.240 e. The number of para-hydroxylation sites is 1. The minimum absolute atomic E-state index is 0.195. The van der Waals surface area contributed by atoms with Gasteiger partial charge in [0.1, 0.15) is 5.75 Å². The van der Waals surface area contributed by atoms with Crippen LogP contribution < -0.4 is 9.46 Å². The van der Waals surface area contributed by atoms with Gasteiger partial charge in [-0.05, 0) is 30.7 Å². The van der Waals surface area contributed by atoms with E-state index >= 15 is 0 Å². The molecule has 0 unspecified atom stereocenters. The highest BCUT2D eigenvalue weighted by molar-refractivity contribution is 7.89. The van der Waals surface area contributed by atoms with Crippen molar-refractivity contribution < 1.29 is 13.2 Å². The van der Waals surface area contributed by atoms with Crippen LogP contribution >= 0.6 is 0 Å². The summed E-state index contributed by atoms with van der Waals surface area (Å²) < 4.78 is 32.2. The Morgan fingerprint density at radius 3 is 2.55 bits per heavy atom. The van der Waals surface area contributed by atoms with E-state index in [1.807, 2.05) is 31.2 Å². The van der Waals surface area contributed by atoms with Gasteiger partial charge in [-0.3, -0.25) is 0 Å². The standard InChI is InChI=1S/C15H17NO3S/c1-12-6-5-8-14(10-12)20(17,18)16-11-13-7-3-4-9-15(13)19-2/h3-10,16H,11H2,1-2H3. The molecule has 0 radical (unpaired) electrons. The molecule has 5 heteroatoms. The zero-order valence-electron chi connectivity index (χ0n) is 11.5. The van der Waals surface area contributed by atoms with Crippen LogP contribution in [0.4, 0.5) is 0 Å². The molecule has 0 atom stereocenters. The van der Waals surface area contributed by atoms with Crippen molar-refractivity contribution in [2.45, 2.75) is 18.4 Å². The molecule has 20 heavy (non-hydrogen) atoms. The van der Waals surface area contributed by atoms with E-state index in [1.54, 1.807) is 31.4 Å². The lowest BCUT2D eigenvalue weighted by molar-refractivity contribution is 0.409. The number of rotatable bonds is 5. The van der Waals surface area contributed by atoms with E-state index < -0.39 is 10.0 Å². The van der Waals surface area contributed by atoms with Gasteiger partial charge in [0.15, 0.2) is 0 Å². The van der Waals surface area contributed by atoms with Gasteiger partial charge in [-0.15, -0.1) is 0 Å². The van der Waals surface area contributed by atoms with Crippen LogP contribution in [0.3, 0.4) is 0 Å². The van der Waals surface area contributed by atoms with Crippen LogP contribution in [-0.4, -0.2) is 15.5 Å². The van der Waals surface area contributed by atoms with Crippen molar-refractivity contribution >= 4 is 10.0 Å². The van der Waals surface area contributed by atoms with Gasteiger partial charge < -0.3 is 4.74 Å². The number of benzene rings is 2. The van der Waals surface area contributed by atoms with Crippen LogP contribution in [0.25, 0.3) is 0 Å². The van der Waals surface area contributed by atoms with Gasteiger partial charge in [-0.25, -0.2) is 13.1 Å². The minimum atomic E-state index is -3.51. The molecule has 106 valence electrons. The molecule has 1 N–H and O–H groups in total. The molecule has 0 aliphatic rings. The maximum atomic E-state index is 12.2. The number of ether oxygens (including phenoxy) is 1. The molecule has 4 nitrogen and oxygen atoms in total. The molecule has 2 aromatic carbocycles. The Morgan fingerprint density at radius 1 is 1.10 bits per heavy atom. The summed E-state index contributed by atoms with van der Waals surface area (Å²) in [6.45, 7) is 2.06. The second kappa shape index (κ2) is 6.07. The molecule has 0 spiro atoms. The van der Waals surface area contributed by atoms with E-state index in [-0.39, 0.29) is 11.4 Å². The van der Waals surface area contributed by atoms with Gasteiger partial charge >= 0.3 is 0 Å². The maximum absolute atomic E-state index is 12.2. The second-order valence-electron chi connectivity index (χ2n) is 4.45. The van der Waals surface area contributed by atoms with Crippen LogP contribution in [0, 0.1) is 6.92 Å². The molecule has 0 aliphatic heterocycles. The van der Waals surface area contributed by atoms with E-state index in [2.05, 4.69) is 4.72 Å². The Balaban J connectivity index is 2.17. The predicted molar refractivity (Wildman–Crippen MR) is 78.2 cm³/mol. The minimum Gasteiger partial charge on any atom is -0.496 e. The van der Waals surface area contributed by atoms with E-state index in [0.717, 1.165) is 11.1 Å². The quantitative estimate of drug-likeness (QED) is 0.920. The van der Waals surface area contributed by atoms with Gasteiger partial charge in [0, 0.05) is 12.1 Å². The average molecular weight is 291 g/mol. The summed E-state index contributed by atoms with van der Waals surface area (Å²) in [5.41, 5.74) is 1.70. The number of aryl methyl sites for hydroxylation is 1. The lowest BCUT2D eigenvalue weighted by Gasteiger charge is -2.10. The van der Waals surface area contributed by atoms with Gasteiger partial charge in [-0.1, -0.05) is 30.3 Å². The summed E-state index contributed by atoms with van der Waals surface area (Å²) in [5.74, 6) is 0.666. The SMILES string of the molecule is COc1ccccc1CNS(=O)(=O)c1cccc(C)c1. The number of methoxy groups -OCH3 is 1. The van der Waals surface area contributed by atoms with Crippen molar-refractivity contribution in [3.63, 3.8) is 0 Å². The number of hydrogen-bond donors (Lipinski definition) is 1. The normalized spacial score (nSPS) is 11.3. The lowest BCUT2D eigenvalue weighted by atomic mass is 10.2. The molecule has 0 aromatic heterocycles. The fourth-order valence-corrected chi connectivity index (χ4v) is 3.00. The summed E-state index contributed by atoms with van der Waals surface area (Å²) in [6, 6.07) is 14.1. The van der Waals surface area contributed by atoms with Crippen molar-refractivity contribution in [3.05, 3.63) is 59.7 Å². The first-order valence-corrected chi connectivity index (χ1v) is 7.69. The van der Waals surface area contributed by atoms with E-state index in [0.29, 0.717) is 5.75 Å². The van der Waals surface area contributed by atoms with Gasteiger partial charge in [0.05, 0.1) is 12.0 Å². The van der Waals surface area contributed by atoms with Gasteiger partial charge in [0.25, 0.3) is 0 Å². The Morgan fingerprint density at radius 2 is 1.85 bits per heavy atom. The molecule has 0 amide bonds. The fraction of sp³-hybridized carbons (Fsp3) is 0.200. The molecule has 0 bridgehead atoms. The van der Waals surface area contributed by atoms with Crippen molar-refractivity contribution in [2.75, 3.05) is 7.11 Å². The zero-order chi connectivity index (χ0) is 14.6. The monoisotopic (exact) mass is 291 g/mol. The van der Waals surface area contributed by atoms with E-state index in [9.17, 15) is 8.42 Å².